The second kappa shape index (κ2) is 11.4. The van der Waals surface area contributed by atoms with Crippen molar-refractivity contribution >= 4 is 23.0 Å². The minimum atomic E-state index is -0.948. The van der Waals surface area contributed by atoms with Crippen LogP contribution in [-0.2, 0) is 16.1 Å². The molecule has 1 N–H and O–H groups in total. The number of benzene rings is 3. The van der Waals surface area contributed by atoms with Crippen molar-refractivity contribution < 1.29 is 28.2 Å². The van der Waals surface area contributed by atoms with Crippen LogP contribution in [0.5, 0.6) is 11.5 Å². The summed E-state index contributed by atoms with van der Waals surface area (Å²) in [5.74, 6) is -0.0587. The maximum Gasteiger partial charge on any atom is 0.408 e. The van der Waals surface area contributed by atoms with Crippen molar-refractivity contribution in [2.75, 3.05) is 7.11 Å². The van der Waals surface area contributed by atoms with Crippen LogP contribution in [0.4, 0.5) is 4.79 Å². The summed E-state index contributed by atoms with van der Waals surface area (Å²) >= 11 is 0. The van der Waals surface area contributed by atoms with Crippen molar-refractivity contribution in [1.29, 1.82) is 0 Å². The molecule has 1 amide bonds. The first-order valence-electron chi connectivity index (χ1n) is 11.8. The summed E-state index contributed by atoms with van der Waals surface area (Å²) in [7, 11) is 1.58. The molecule has 0 aliphatic heterocycles. The highest BCUT2D eigenvalue weighted by Gasteiger charge is 2.27. The third kappa shape index (κ3) is 6.35. The van der Waals surface area contributed by atoms with Crippen molar-refractivity contribution in [3.8, 4) is 22.6 Å². The number of rotatable bonds is 8. The van der Waals surface area contributed by atoms with Gasteiger partial charge in [0, 0.05) is 17.5 Å². The fraction of sp³-hybridized carbons (Fsp3) is 0.207. The van der Waals surface area contributed by atoms with Gasteiger partial charge in [-0.25, -0.2) is 14.4 Å². The molecule has 4 rings (SSSR count). The number of carbonyl (C=O) groups excluding carboxylic acids is 2. The molecule has 0 aliphatic rings. The van der Waals surface area contributed by atoms with E-state index < -0.39 is 23.7 Å². The summed E-state index contributed by atoms with van der Waals surface area (Å²) in [6, 6.07) is 21.8. The van der Waals surface area contributed by atoms with Gasteiger partial charge in [0.15, 0.2) is 0 Å². The Kier molecular flexibility index (Phi) is 7.88. The molecule has 190 valence electrons. The SMILES string of the molecule is COc1ccc(-c2cc(=O)oc3cc(OC(=O)C(NC(=O)OCc4ccccc4)C(C)C)ccc23)cc1. The summed E-state index contributed by atoms with van der Waals surface area (Å²) in [5, 5.41) is 3.25. The molecule has 8 heteroatoms. The number of ether oxygens (including phenoxy) is 3. The largest absolute Gasteiger partial charge is 0.497 e. The predicted octanol–water partition coefficient (Wildman–Crippen LogP) is 5.33. The molecule has 1 atom stereocenters. The summed E-state index contributed by atoms with van der Waals surface area (Å²) in [6.45, 7) is 3.64. The van der Waals surface area contributed by atoms with Crippen LogP contribution in [0, 0.1) is 5.92 Å². The molecule has 0 saturated carbocycles. The first kappa shape index (κ1) is 25.5. The van der Waals surface area contributed by atoms with E-state index in [9.17, 15) is 14.4 Å². The van der Waals surface area contributed by atoms with Crippen molar-refractivity contribution in [3.05, 3.63) is 94.8 Å². The van der Waals surface area contributed by atoms with Gasteiger partial charge < -0.3 is 23.9 Å². The molecular formula is C29H27NO7. The summed E-state index contributed by atoms with van der Waals surface area (Å²) in [6.07, 6.45) is -0.729. The van der Waals surface area contributed by atoms with Gasteiger partial charge >= 0.3 is 17.7 Å². The molecular weight excluding hydrogens is 474 g/mol. The van der Waals surface area contributed by atoms with Gasteiger partial charge in [-0.3, -0.25) is 0 Å². The van der Waals surface area contributed by atoms with Crippen molar-refractivity contribution in [3.63, 3.8) is 0 Å². The highest BCUT2D eigenvalue weighted by Crippen LogP contribution is 2.31. The van der Waals surface area contributed by atoms with Gasteiger partial charge in [-0.15, -0.1) is 0 Å². The molecule has 0 aliphatic carbocycles. The van der Waals surface area contributed by atoms with Crippen molar-refractivity contribution in [2.24, 2.45) is 5.92 Å². The van der Waals surface area contributed by atoms with Gasteiger partial charge in [-0.2, -0.15) is 0 Å². The molecule has 37 heavy (non-hydrogen) atoms. The minimum absolute atomic E-state index is 0.0762. The van der Waals surface area contributed by atoms with E-state index in [2.05, 4.69) is 5.32 Å². The van der Waals surface area contributed by atoms with Crippen molar-refractivity contribution in [1.82, 2.24) is 5.32 Å². The zero-order chi connectivity index (χ0) is 26.4. The van der Waals surface area contributed by atoms with Gasteiger partial charge in [0.05, 0.1) is 7.11 Å². The van der Waals surface area contributed by atoms with E-state index in [0.29, 0.717) is 16.7 Å². The smallest absolute Gasteiger partial charge is 0.408 e. The summed E-state index contributed by atoms with van der Waals surface area (Å²) in [5.41, 5.74) is 2.04. The van der Waals surface area contributed by atoms with Crippen LogP contribution in [0.1, 0.15) is 19.4 Å². The monoisotopic (exact) mass is 501 g/mol. The number of hydrogen-bond donors (Lipinski definition) is 1. The normalized spacial score (nSPS) is 11.7. The second-order valence-electron chi connectivity index (χ2n) is 8.71. The van der Waals surface area contributed by atoms with Crippen LogP contribution in [0.2, 0.25) is 0 Å². The number of carbonyl (C=O) groups is 2. The highest BCUT2D eigenvalue weighted by molar-refractivity contribution is 5.94. The Labute approximate surface area is 213 Å². The molecule has 1 aromatic heterocycles. The zero-order valence-corrected chi connectivity index (χ0v) is 20.7. The topological polar surface area (TPSA) is 104 Å². The Morgan fingerprint density at radius 2 is 1.62 bits per heavy atom. The Morgan fingerprint density at radius 3 is 2.30 bits per heavy atom. The Bertz CT molecular complexity index is 1440. The average molecular weight is 502 g/mol. The molecule has 1 heterocycles. The lowest BCUT2D eigenvalue weighted by molar-refractivity contribution is -0.137. The lowest BCUT2D eigenvalue weighted by Crippen LogP contribution is -2.46. The molecule has 1 unspecified atom stereocenters. The first-order valence-corrected chi connectivity index (χ1v) is 11.8. The van der Waals surface area contributed by atoms with Crippen LogP contribution < -0.4 is 20.4 Å². The van der Waals surface area contributed by atoms with Gasteiger partial charge in [-0.1, -0.05) is 56.3 Å². The van der Waals surface area contributed by atoms with Crippen LogP contribution in [-0.4, -0.2) is 25.2 Å². The number of methoxy groups -OCH3 is 1. The Hall–Kier alpha value is -4.59. The average Bonchev–Trinajstić information content (AvgIpc) is 2.90. The molecule has 3 aromatic carbocycles. The number of fused-ring (bicyclic) bond motifs is 1. The molecule has 0 fully saturated rings. The number of amides is 1. The number of alkyl carbamates (subject to hydrolysis) is 1. The maximum atomic E-state index is 12.9. The van der Waals surface area contributed by atoms with E-state index in [0.717, 1.165) is 11.1 Å². The van der Waals surface area contributed by atoms with Gasteiger partial charge in [0.1, 0.15) is 29.7 Å². The van der Waals surface area contributed by atoms with Crippen LogP contribution >= 0.6 is 0 Å². The maximum absolute atomic E-state index is 12.9. The molecule has 8 nitrogen and oxygen atoms in total. The quantitative estimate of drug-likeness (QED) is 0.198. The highest BCUT2D eigenvalue weighted by atomic mass is 16.6. The van der Waals surface area contributed by atoms with E-state index in [1.165, 1.54) is 12.1 Å². The van der Waals surface area contributed by atoms with Crippen molar-refractivity contribution in [2.45, 2.75) is 26.5 Å². The van der Waals surface area contributed by atoms with Gasteiger partial charge in [0.25, 0.3) is 0 Å². The molecule has 0 radical (unpaired) electrons. The standard InChI is InChI=1S/C29H27NO7/c1-18(2)27(30-29(33)35-17-19-7-5-4-6-8-19)28(32)36-22-13-14-23-24(16-26(31)37-25(23)15-22)20-9-11-21(34-3)12-10-20/h4-16,18,27H,17H2,1-3H3,(H,30,33). The molecule has 4 aromatic rings. The van der Waals surface area contributed by atoms with E-state index in [-0.39, 0.29) is 23.9 Å². The van der Waals surface area contributed by atoms with Crippen LogP contribution in [0.25, 0.3) is 22.1 Å². The minimum Gasteiger partial charge on any atom is -0.497 e. The molecule has 0 bridgehead atoms. The lowest BCUT2D eigenvalue weighted by Gasteiger charge is -2.20. The number of nitrogens with one attached hydrogen (secondary N) is 1. The Morgan fingerprint density at radius 1 is 0.919 bits per heavy atom. The van der Waals surface area contributed by atoms with Gasteiger partial charge in [-0.05, 0) is 46.9 Å². The van der Waals surface area contributed by atoms with Crippen LogP contribution in [0.3, 0.4) is 0 Å². The summed E-state index contributed by atoms with van der Waals surface area (Å²) in [4.78, 5) is 37.5. The zero-order valence-electron chi connectivity index (χ0n) is 20.7. The first-order chi connectivity index (χ1) is 17.8. The molecule has 0 spiro atoms. The Balaban J connectivity index is 1.50. The summed E-state index contributed by atoms with van der Waals surface area (Å²) < 4.78 is 21.3. The third-order valence-electron chi connectivity index (χ3n) is 5.74. The third-order valence-corrected chi connectivity index (χ3v) is 5.74. The van der Waals surface area contributed by atoms with E-state index in [1.54, 1.807) is 45.2 Å². The fourth-order valence-corrected chi connectivity index (χ4v) is 3.79. The van der Waals surface area contributed by atoms with Gasteiger partial charge in [0.2, 0.25) is 0 Å². The number of esters is 1. The van der Waals surface area contributed by atoms with Crippen LogP contribution in [0.15, 0.2) is 88.1 Å². The lowest BCUT2D eigenvalue weighted by atomic mass is 10.0. The fourth-order valence-electron chi connectivity index (χ4n) is 3.79. The van der Waals surface area contributed by atoms with E-state index in [1.807, 2.05) is 42.5 Å². The second-order valence-corrected chi connectivity index (χ2v) is 8.71. The number of hydrogen-bond acceptors (Lipinski definition) is 7. The predicted molar refractivity (Wildman–Crippen MR) is 138 cm³/mol. The van der Waals surface area contributed by atoms with E-state index in [4.69, 9.17) is 18.6 Å². The molecule has 0 saturated heterocycles. The van der Waals surface area contributed by atoms with E-state index >= 15 is 0 Å².